The number of nitrogens with one attached hydrogen (secondary N) is 1. The minimum Gasteiger partial charge on any atom is -0.465 e. The Hall–Kier alpha value is -4.01. The van der Waals surface area contributed by atoms with Crippen molar-refractivity contribution in [2.45, 2.75) is 26.3 Å². The molecule has 1 aromatic heterocycles. The Morgan fingerprint density at radius 2 is 1.85 bits per heavy atom. The highest BCUT2D eigenvalue weighted by molar-refractivity contribution is 5.98. The van der Waals surface area contributed by atoms with Crippen molar-refractivity contribution in [1.29, 1.82) is 0 Å². The molecular weight excluding hydrogens is 444 g/mol. The molecule has 1 amide bonds. The van der Waals surface area contributed by atoms with Crippen LogP contribution in [0.3, 0.4) is 0 Å². The van der Waals surface area contributed by atoms with Crippen LogP contribution in [0, 0.1) is 6.92 Å². The number of nitrogens with zero attached hydrogens (tertiary/aromatic N) is 2. The number of ether oxygens (including phenoxy) is 2. The Labute approximate surface area is 196 Å². The number of aromatic nitrogens is 2. The second-order valence-corrected chi connectivity index (χ2v) is 7.62. The van der Waals surface area contributed by atoms with Crippen molar-refractivity contribution < 1.29 is 27.8 Å². The summed E-state index contributed by atoms with van der Waals surface area (Å²) in [6, 6.07) is 11.0. The number of methoxy groups -OCH3 is 1. The summed E-state index contributed by atoms with van der Waals surface area (Å²) in [5.41, 5.74) is 1.76. The fourth-order valence-corrected chi connectivity index (χ4v) is 3.40. The molecule has 2 aromatic carbocycles. The summed E-state index contributed by atoms with van der Waals surface area (Å²) < 4.78 is 39.1. The Morgan fingerprint density at radius 3 is 2.44 bits per heavy atom. The first-order valence-corrected chi connectivity index (χ1v) is 10.4. The van der Waals surface area contributed by atoms with E-state index in [1.807, 2.05) is 6.92 Å². The maximum Gasteiger partial charge on any atom is 0.337 e. The standard InChI is InChI=1S/C25H25F2N3O4/c1-6-16-13-19(12-7-14(16)2)34-24-20(21(22(26)27)29-30(24)4)23(31)28-15(3)17-8-10-18(11-9-17)25(32)33-5/h6-13,15,22H,1H2,2-5H3,(H,28,31)/t15-/m0/s1. The number of benzene rings is 2. The molecule has 0 radical (unpaired) electrons. The summed E-state index contributed by atoms with van der Waals surface area (Å²) in [7, 11) is 2.71. The van der Waals surface area contributed by atoms with E-state index >= 15 is 0 Å². The van der Waals surface area contributed by atoms with Gasteiger partial charge in [-0.25, -0.2) is 18.3 Å². The number of hydrogen-bond donors (Lipinski definition) is 1. The van der Waals surface area contributed by atoms with Crippen LogP contribution in [0.2, 0.25) is 0 Å². The molecule has 0 aliphatic heterocycles. The van der Waals surface area contributed by atoms with Crippen molar-refractivity contribution in [1.82, 2.24) is 15.1 Å². The minimum atomic E-state index is -2.99. The number of alkyl halides is 2. The van der Waals surface area contributed by atoms with Crippen molar-refractivity contribution in [3.8, 4) is 11.6 Å². The molecule has 1 heterocycles. The molecular formula is C25H25F2N3O4. The van der Waals surface area contributed by atoms with E-state index in [9.17, 15) is 18.4 Å². The van der Waals surface area contributed by atoms with Gasteiger partial charge in [-0.15, -0.1) is 0 Å². The number of hydrogen-bond acceptors (Lipinski definition) is 5. The van der Waals surface area contributed by atoms with Crippen LogP contribution in [0.5, 0.6) is 11.6 Å². The van der Waals surface area contributed by atoms with Gasteiger partial charge >= 0.3 is 5.97 Å². The molecule has 0 unspecified atom stereocenters. The molecule has 7 nitrogen and oxygen atoms in total. The van der Waals surface area contributed by atoms with E-state index in [2.05, 4.69) is 21.7 Å². The molecule has 0 saturated carbocycles. The Morgan fingerprint density at radius 1 is 1.18 bits per heavy atom. The van der Waals surface area contributed by atoms with E-state index in [4.69, 9.17) is 4.74 Å². The van der Waals surface area contributed by atoms with Crippen LogP contribution in [-0.4, -0.2) is 28.8 Å². The van der Waals surface area contributed by atoms with Crippen LogP contribution < -0.4 is 10.1 Å². The third-order valence-corrected chi connectivity index (χ3v) is 5.32. The van der Waals surface area contributed by atoms with Gasteiger partial charge in [-0.2, -0.15) is 5.10 Å². The Balaban J connectivity index is 1.91. The highest BCUT2D eigenvalue weighted by Crippen LogP contribution is 2.33. The van der Waals surface area contributed by atoms with E-state index in [0.29, 0.717) is 16.9 Å². The molecule has 3 rings (SSSR count). The topological polar surface area (TPSA) is 82.4 Å². The number of aryl methyl sites for hydroxylation is 2. The number of halogens is 2. The molecule has 0 aliphatic carbocycles. The second kappa shape index (κ2) is 10.3. The third-order valence-electron chi connectivity index (χ3n) is 5.32. The molecule has 9 heteroatoms. The van der Waals surface area contributed by atoms with Crippen molar-refractivity contribution in [3.63, 3.8) is 0 Å². The fraction of sp³-hybridized carbons (Fsp3) is 0.240. The van der Waals surface area contributed by atoms with Crippen LogP contribution in [0.15, 0.2) is 49.0 Å². The van der Waals surface area contributed by atoms with Gasteiger partial charge in [0.15, 0.2) is 0 Å². The largest absolute Gasteiger partial charge is 0.465 e. The fourth-order valence-electron chi connectivity index (χ4n) is 3.40. The van der Waals surface area contributed by atoms with Crippen molar-refractivity contribution >= 4 is 18.0 Å². The maximum absolute atomic E-state index is 13.7. The SMILES string of the molecule is C=Cc1cc(Oc2c(C(=O)N[C@@H](C)c3ccc(C(=O)OC)cc3)c(C(F)F)nn2C)ccc1C. The molecule has 178 valence electrons. The average molecular weight is 469 g/mol. The lowest BCUT2D eigenvalue weighted by atomic mass is 10.1. The van der Waals surface area contributed by atoms with E-state index < -0.39 is 30.0 Å². The highest BCUT2D eigenvalue weighted by Gasteiger charge is 2.30. The molecule has 0 fully saturated rings. The van der Waals surface area contributed by atoms with Crippen molar-refractivity contribution in [2.24, 2.45) is 7.05 Å². The van der Waals surface area contributed by atoms with Gasteiger partial charge in [-0.3, -0.25) is 4.79 Å². The van der Waals surface area contributed by atoms with E-state index in [0.717, 1.165) is 15.8 Å². The summed E-state index contributed by atoms with van der Waals surface area (Å²) >= 11 is 0. The predicted molar refractivity (Wildman–Crippen MR) is 123 cm³/mol. The lowest BCUT2D eigenvalue weighted by molar-refractivity contribution is 0.0600. The summed E-state index contributed by atoms with van der Waals surface area (Å²) in [4.78, 5) is 24.7. The minimum absolute atomic E-state index is 0.111. The summed E-state index contributed by atoms with van der Waals surface area (Å²) in [6.45, 7) is 7.35. The van der Waals surface area contributed by atoms with Crippen LogP contribution in [0.4, 0.5) is 8.78 Å². The zero-order chi connectivity index (χ0) is 25.0. The quantitative estimate of drug-likeness (QED) is 0.448. The molecule has 1 N–H and O–H groups in total. The molecule has 1 atom stereocenters. The van der Waals surface area contributed by atoms with Crippen molar-refractivity contribution in [2.75, 3.05) is 7.11 Å². The molecule has 3 aromatic rings. The predicted octanol–water partition coefficient (Wildman–Crippen LogP) is 5.38. The first-order chi connectivity index (χ1) is 16.2. The lowest BCUT2D eigenvalue weighted by Crippen LogP contribution is -2.27. The van der Waals surface area contributed by atoms with Crippen LogP contribution in [0.1, 0.15) is 62.5 Å². The van der Waals surface area contributed by atoms with Crippen LogP contribution in [-0.2, 0) is 11.8 Å². The number of carbonyl (C=O) groups excluding carboxylic acids is 2. The van der Waals surface area contributed by atoms with Crippen LogP contribution in [0.25, 0.3) is 6.08 Å². The molecule has 0 spiro atoms. The second-order valence-electron chi connectivity index (χ2n) is 7.62. The number of carbonyl (C=O) groups is 2. The zero-order valence-electron chi connectivity index (χ0n) is 19.3. The van der Waals surface area contributed by atoms with Gasteiger partial charge in [0.05, 0.1) is 18.7 Å². The summed E-state index contributed by atoms with van der Waals surface area (Å²) in [5, 5.41) is 6.52. The van der Waals surface area contributed by atoms with Gasteiger partial charge < -0.3 is 14.8 Å². The van der Waals surface area contributed by atoms with Gasteiger partial charge in [0.1, 0.15) is 17.0 Å². The Bertz CT molecular complexity index is 1220. The van der Waals surface area contributed by atoms with E-state index in [-0.39, 0.29) is 11.4 Å². The monoisotopic (exact) mass is 469 g/mol. The van der Waals surface area contributed by atoms with Gasteiger partial charge in [-0.05, 0) is 54.8 Å². The maximum atomic E-state index is 13.7. The summed E-state index contributed by atoms with van der Waals surface area (Å²) in [6.07, 6.45) is -1.34. The number of amides is 1. The number of esters is 1. The lowest BCUT2D eigenvalue weighted by Gasteiger charge is -2.16. The van der Waals surface area contributed by atoms with Crippen molar-refractivity contribution in [3.05, 3.63) is 82.6 Å². The van der Waals surface area contributed by atoms with Gasteiger partial charge in [0, 0.05) is 7.05 Å². The molecule has 0 saturated heterocycles. The highest BCUT2D eigenvalue weighted by atomic mass is 19.3. The van der Waals surface area contributed by atoms with Crippen LogP contribution >= 0.6 is 0 Å². The van der Waals surface area contributed by atoms with Gasteiger partial charge in [0.2, 0.25) is 5.88 Å². The summed E-state index contributed by atoms with van der Waals surface area (Å²) in [5.74, 6) is -1.01. The average Bonchev–Trinajstić information content (AvgIpc) is 3.16. The Kier molecular flexibility index (Phi) is 7.45. The molecule has 34 heavy (non-hydrogen) atoms. The molecule has 0 bridgehead atoms. The third kappa shape index (κ3) is 5.14. The normalized spacial score (nSPS) is 11.7. The van der Waals surface area contributed by atoms with Gasteiger partial charge in [-0.1, -0.05) is 30.9 Å². The van der Waals surface area contributed by atoms with Gasteiger partial charge in [0.25, 0.3) is 12.3 Å². The first kappa shape index (κ1) is 24.6. The smallest absolute Gasteiger partial charge is 0.337 e. The molecule has 0 aliphatic rings. The first-order valence-electron chi connectivity index (χ1n) is 10.4. The van der Waals surface area contributed by atoms with E-state index in [1.54, 1.807) is 55.5 Å². The zero-order valence-corrected chi connectivity index (χ0v) is 19.3. The number of rotatable bonds is 8. The van der Waals surface area contributed by atoms with E-state index in [1.165, 1.54) is 14.2 Å².